The Hall–Kier alpha value is -1.66. The van der Waals surface area contributed by atoms with E-state index in [1.54, 1.807) is 6.08 Å². The lowest BCUT2D eigenvalue weighted by molar-refractivity contribution is -0.143. The van der Waals surface area contributed by atoms with Crippen molar-refractivity contribution in [3.05, 3.63) is 24.3 Å². The monoisotopic (exact) mass is 1180 g/mol. The first kappa shape index (κ1) is 82.3. The van der Waals surface area contributed by atoms with Gasteiger partial charge in [0.25, 0.3) is 0 Å². The number of ether oxygens (including phenoxy) is 1. The van der Waals surface area contributed by atoms with Crippen molar-refractivity contribution in [2.45, 2.75) is 450 Å². The number of hydrogen-bond acceptors (Lipinski definition) is 5. The maximum Gasteiger partial charge on any atom is 0.305 e. The fourth-order valence-electron chi connectivity index (χ4n) is 12.3. The van der Waals surface area contributed by atoms with E-state index in [0.29, 0.717) is 19.4 Å². The second-order valence-electron chi connectivity index (χ2n) is 26.7. The highest BCUT2D eigenvalue weighted by Crippen LogP contribution is 2.20. The van der Waals surface area contributed by atoms with Gasteiger partial charge in [0.15, 0.2) is 0 Å². The SMILES string of the molecule is CCCCCCCCCCCCCCCCCCCCCCC/C=C/C(O)C(CO)NC(=O)CCCCCCCCCCCCCCCCCCC/C=C\CCCCCCCCCCCCCCOC(=O)CCCCCCCCCCCCC. The number of hydrogen-bond donors (Lipinski definition) is 3. The van der Waals surface area contributed by atoms with Crippen LogP contribution in [0.25, 0.3) is 0 Å². The highest BCUT2D eigenvalue weighted by molar-refractivity contribution is 5.76. The molecule has 0 aromatic carbocycles. The number of carbonyl (C=O) groups excluding carboxylic acids is 2. The van der Waals surface area contributed by atoms with Gasteiger partial charge in [-0.3, -0.25) is 9.59 Å². The Bertz CT molecular complexity index is 1320. The molecule has 0 saturated carbocycles. The number of rotatable bonds is 73. The number of amides is 1. The number of carbonyl (C=O) groups is 2. The quantitative estimate of drug-likeness (QED) is 0.0320. The van der Waals surface area contributed by atoms with Crippen LogP contribution in [0.15, 0.2) is 24.3 Å². The van der Waals surface area contributed by atoms with Crippen LogP contribution in [-0.4, -0.2) is 47.4 Å². The van der Waals surface area contributed by atoms with Crippen molar-refractivity contribution in [3.63, 3.8) is 0 Å². The van der Waals surface area contributed by atoms with Gasteiger partial charge in [-0.2, -0.15) is 0 Å². The van der Waals surface area contributed by atoms with E-state index < -0.39 is 12.1 Å². The zero-order chi connectivity index (χ0) is 60.6. The number of aliphatic hydroxyl groups excluding tert-OH is 2. The molecule has 0 bridgehead atoms. The van der Waals surface area contributed by atoms with Gasteiger partial charge < -0.3 is 20.3 Å². The summed E-state index contributed by atoms with van der Waals surface area (Å²) < 4.78 is 5.48. The first-order valence-corrected chi connectivity index (χ1v) is 38.6. The number of unbranched alkanes of at least 4 members (excludes halogenated alkanes) is 60. The molecule has 0 aliphatic rings. The Morgan fingerprint density at radius 1 is 0.321 bits per heavy atom. The van der Waals surface area contributed by atoms with Crippen LogP contribution in [0.3, 0.4) is 0 Å². The van der Waals surface area contributed by atoms with Crippen molar-refractivity contribution in [1.29, 1.82) is 0 Å². The van der Waals surface area contributed by atoms with Crippen LogP contribution in [0.2, 0.25) is 0 Å². The molecule has 0 radical (unpaired) electrons. The van der Waals surface area contributed by atoms with Gasteiger partial charge in [0.2, 0.25) is 5.91 Å². The lowest BCUT2D eigenvalue weighted by atomic mass is 10.0. The second-order valence-corrected chi connectivity index (χ2v) is 26.7. The van der Waals surface area contributed by atoms with Crippen LogP contribution in [0.5, 0.6) is 0 Å². The molecule has 2 atom stereocenters. The van der Waals surface area contributed by atoms with Crippen LogP contribution >= 0.6 is 0 Å². The topological polar surface area (TPSA) is 95.9 Å². The number of esters is 1. The number of allylic oxidation sites excluding steroid dienone is 3. The van der Waals surface area contributed by atoms with E-state index >= 15 is 0 Å². The van der Waals surface area contributed by atoms with E-state index in [2.05, 4.69) is 31.3 Å². The molecule has 0 aliphatic carbocycles. The molecule has 0 aliphatic heterocycles. The van der Waals surface area contributed by atoms with Crippen molar-refractivity contribution < 1.29 is 24.5 Å². The summed E-state index contributed by atoms with van der Waals surface area (Å²) in [6, 6.07) is -0.626. The molecule has 84 heavy (non-hydrogen) atoms. The van der Waals surface area contributed by atoms with Gasteiger partial charge in [0, 0.05) is 12.8 Å². The van der Waals surface area contributed by atoms with Crippen molar-refractivity contribution in [3.8, 4) is 0 Å². The molecule has 2 unspecified atom stereocenters. The first-order chi connectivity index (χ1) is 41.5. The second kappa shape index (κ2) is 73.8. The Morgan fingerprint density at radius 3 is 0.845 bits per heavy atom. The summed E-state index contributed by atoms with van der Waals surface area (Å²) >= 11 is 0. The van der Waals surface area contributed by atoms with Gasteiger partial charge >= 0.3 is 5.97 Å². The Morgan fingerprint density at radius 2 is 0.560 bits per heavy atom. The minimum Gasteiger partial charge on any atom is -0.466 e. The lowest BCUT2D eigenvalue weighted by Crippen LogP contribution is -2.45. The maximum atomic E-state index is 12.5. The first-order valence-electron chi connectivity index (χ1n) is 38.6. The Kier molecular flexibility index (Phi) is 72.3. The molecule has 0 aromatic heterocycles. The molecule has 6 nitrogen and oxygen atoms in total. The van der Waals surface area contributed by atoms with Crippen molar-refractivity contribution >= 4 is 11.9 Å². The third-order valence-electron chi connectivity index (χ3n) is 18.2. The molecule has 1 amide bonds. The lowest BCUT2D eigenvalue weighted by Gasteiger charge is -2.20. The van der Waals surface area contributed by atoms with E-state index in [1.165, 1.54) is 372 Å². The molecule has 0 spiro atoms. The molecular weight excluding hydrogens is 1030 g/mol. The van der Waals surface area contributed by atoms with E-state index in [-0.39, 0.29) is 18.5 Å². The average molecular weight is 1180 g/mol. The van der Waals surface area contributed by atoms with Crippen molar-refractivity contribution in [2.75, 3.05) is 13.2 Å². The van der Waals surface area contributed by atoms with Crippen LogP contribution in [-0.2, 0) is 14.3 Å². The number of nitrogens with one attached hydrogen (secondary N) is 1. The molecule has 0 rings (SSSR count). The minimum atomic E-state index is -0.843. The molecule has 0 saturated heterocycles. The average Bonchev–Trinajstić information content (AvgIpc) is 3.50. The van der Waals surface area contributed by atoms with Gasteiger partial charge in [-0.05, 0) is 57.8 Å². The summed E-state index contributed by atoms with van der Waals surface area (Å²) in [4.78, 5) is 24.6. The molecule has 0 fully saturated rings. The summed E-state index contributed by atoms with van der Waals surface area (Å²) in [5.74, 6) is -0.0409. The zero-order valence-corrected chi connectivity index (χ0v) is 57.2. The summed E-state index contributed by atoms with van der Waals surface area (Å²) in [6.07, 6.45) is 94.4. The third-order valence-corrected chi connectivity index (χ3v) is 18.2. The summed E-state index contributed by atoms with van der Waals surface area (Å²) in [6.45, 7) is 4.95. The van der Waals surface area contributed by atoms with Crippen LogP contribution in [0.4, 0.5) is 0 Å². The Labute approximate surface area is 526 Å². The Balaban J connectivity index is 3.38. The summed E-state index contributed by atoms with van der Waals surface area (Å²) in [7, 11) is 0. The predicted molar refractivity (Wildman–Crippen MR) is 370 cm³/mol. The van der Waals surface area contributed by atoms with Gasteiger partial charge in [-0.1, -0.05) is 391 Å². The molecular formula is C78H151NO5. The fraction of sp³-hybridized carbons (Fsp3) is 0.923. The summed E-state index contributed by atoms with van der Waals surface area (Å²) in [5, 5.41) is 23.3. The van der Waals surface area contributed by atoms with Gasteiger partial charge in [0.1, 0.15) is 0 Å². The highest BCUT2D eigenvalue weighted by atomic mass is 16.5. The third kappa shape index (κ3) is 69.4. The molecule has 3 N–H and O–H groups in total. The van der Waals surface area contributed by atoms with Gasteiger partial charge in [0.05, 0.1) is 25.4 Å². The van der Waals surface area contributed by atoms with E-state index in [9.17, 15) is 19.8 Å². The largest absolute Gasteiger partial charge is 0.466 e. The van der Waals surface area contributed by atoms with Crippen LogP contribution in [0.1, 0.15) is 438 Å². The predicted octanol–water partition coefficient (Wildman–Crippen LogP) is 25.3. The smallest absolute Gasteiger partial charge is 0.305 e. The van der Waals surface area contributed by atoms with E-state index in [4.69, 9.17) is 4.74 Å². The molecule has 0 heterocycles. The van der Waals surface area contributed by atoms with Crippen molar-refractivity contribution in [2.24, 2.45) is 0 Å². The van der Waals surface area contributed by atoms with E-state index in [0.717, 1.165) is 38.5 Å². The number of aliphatic hydroxyl groups is 2. The zero-order valence-electron chi connectivity index (χ0n) is 57.2. The normalized spacial score (nSPS) is 12.6. The fourth-order valence-corrected chi connectivity index (χ4v) is 12.3. The molecule has 0 aromatic rings. The van der Waals surface area contributed by atoms with E-state index in [1.807, 2.05) is 6.08 Å². The van der Waals surface area contributed by atoms with Crippen molar-refractivity contribution in [1.82, 2.24) is 5.32 Å². The van der Waals surface area contributed by atoms with Gasteiger partial charge in [-0.15, -0.1) is 0 Å². The minimum absolute atomic E-state index is 0.0189. The summed E-state index contributed by atoms with van der Waals surface area (Å²) in [5.41, 5.74) is 0. The molecule has 6 heteroatoms. The van der Waals surface area contributed by atoms with Gasteiger partial charge in [-0.25, -0.2) is 0 Å². The maximum absolute atomic E-state index is 12.5. The standard InChI is InChI=1S/C78H151NO5/c1-3-5-7-9-11-13-15-16-17-18-19-20-32-35-38-41-44-47-51-54-58-62-66-70-76(81)75(74-80)79-77(82)71-67-63-59-55-52-48-45-42-39-36-33-30-28-26-24-22-21-23-25-27-29-31-34-37-40-43-46-49-53-57-61-65-69-73-84-78(83)72-68-64-60-56-50-14-12-10-8-6-4-2/h25,27,66,70,75-76,80-81H,3-24,26,28-65,67-69,71-74H2,1-2H3,(H,79,82)/b27-25-,70-66+. The van der Waals surface area contributed by atoms with Crippen LogP contribution in [0, 0.1) is 0 Å². The van der Waals surface area contributed by atoms with Crippen LogP contribution < -0.4 is 5.32 Å². The molecule has 498 valence electrons. The highest BCUT2D eigenvalue weighted by Gasteiger charge is 2.18.